The number of thioether (sulfide) groups is 1. The molecule has 0 aliphatic heterocycles. The van der Waals surface area contributed by atoms with Gasteiger partial charge in [-0.15, -0.1) is 0 Å². The smallest absolute Gasteiger partial charge is 0.259 e. The fourth-order valence-corrected chi connectivity index (χ4v) is 3.75. The summed E-state index contributed by atoms with van der Waals surface area (Å²) in [5, 5.41) is -0.0441. The van der Waals surface area contributed by atoms with Gasteiger partial charge in [0.25, 0.3) is 10.0 Å². The van der Waals surface area contributed by atoms with Crippen LogP contribution in [0.5, 0.6) is 0 Å². The van der Waals surface area contributed by atoms with Gasteiger partial charge < -0.3 is 0 Å². The molecule has 0 fully saturated rings. The van der Waals surface area contributed by atoms with E-state index < -0.39 is 10.0 Å². The van der Waals surface area contributed by atoms with Crippen molar-refractivity contribution in [2.24, 2.45) is 0 Å². The Labute approximate surface area is 127 Å². The van der Waals surface area contributed by atoms with Crippen LogP contribution in [0.4, 0.5) is 0 Å². The Morgan fingerprint density at radius 3 is 2.80 bits per heavy atom. The van der Waals surface area contributed by atoms with Crippen LogP contribution in [0.15, 0.2) is 29.4 Å². The number of fused-ring (bicyclic) bond motifs is 1. The topological polar surface area (TPSA) is 63.5 Å². The van der Waals surface area contributed by atoms with Crippen LogP contribution in [-0.2, 0) is 10.0 Å². The van der Waals surface area contributed by atoms with Crippen molar-refractivity contribution in [1.82, 2.24) is 14.1 Å². The zero-order valence-corrected chi connectivity index (χ0v) is 13.8. The first-order chi connectivity index (χ1) is 9.27. The third kappa shape index (κ3) is 3.11. The second-order valence-corrected chi connectivity index (χ2v) is 8.48. The summed E-state index contributed by atoms with van der Waals surface area (Å²) in [5.74, 6) is 0. The van der Waals surface area contributed by atoms with Crippen LogP contribution in [0.1, 0.15) is 13.8 Å². The first-order valence-corrected chi connectivity index (χ1v) is 9.03. The summed E-state index contributed by atoms with van der Waals surface area (Å²) >= 11 is 7.57. The van der Waals surface area contributed by atoms with Crippen molar-refractivity contribution in [1.29, 1.82) is 0 Å². The lowest BCUT2D eigenvalue weighted by Gasteiger charge is -2.22. The number of halogens is 1. The Morgan fingerprint density at radius 1 is 1.45 bits per heavy atom. The van der Waals surface area contributed by atoms with Crippen molar-refractivity contribution < 1.29 is 8.42 Å². The molecule has 20 heavy (non-hydrogen) atoms. The van der Waals surface area contributed by atoms with Gasteiger partial charge in [0.15, 0.2) is 10.2 Å². The molecule has 8 heteroatoms. The molecule has 5 nitrogen and oxygen atoms in total. The van der Waals surface area contributed by atoms with Crippen molar-refractivity contribution in [3.63, 3.8) is 0 Å². The van der Waals surface area contributed by atoms with E-state index in [0.717, 1.165) is 0 Å². The first kappa shape index (κ1) is 15.6. The van der Waals surface area contributed by atoms with Gasteiger partial charge >= 0.3 is 0 Å². The van der Waals surface area contributed by atoms with Gasteiger partial charge in [-0.2, -0.15) is 11.8 Å². The molecule has 0 amide bonds. The van der Waals surface area contributed by atoms with Crippen molar-refractivity contribution in [3.05, 3.63) is 29.5 Å². The normalized spacial score (nSPS) is 13.0. The van der Waals surface area contributed by atoms with Gasteiger partial charge in [0.1, 0.15) is 5.65 Å². The second-order valence-electron chi connectivity index (χ2n) is 4.92. The molecular weight excluding hydrogens is 318 g/mol. The standard InChI is InChI=1S/C12H16ClN3O2S2/c1-12(2,19-3)8-14-20(17,18)11-10(13)15-9-6-4-5-7-16(9)11/h4-7,14H,8H2,1-3H3. The van der Waals surface area contributed by atoms with E-state index in [-0.39, 0.29) is 14.9 Å². The van der Waals surface area contributed by atoms with Crippen molar-refractivity contribution >= 4 is 39.0 Å². The number of nitrogens with one attached hydrogen (secondary N) is 1. The monoisotopic (exact) mass is 333 g/mol. The molecule has 0 atom stereocenters. The maximum absolute atomic E-state index is 12.4. The summed E-state index contributed by atoms with van der Waals surface area (Å²) in [6.45, 7) is 4.25. The molecule has 0 bridgehead atoms. The van der Waals surface area contributed by atoms with Gasteiger partial charge in [0.2, 0.25) is 0 Å². The van der Waals surface area contributed by atoms with Crippen molar-refractivity contribution in [2.75, 3.05) is 12.8 Å². The molecule has 2 aromatic rings. The molecule has 0 unspecified atom stereocenters. The van der Waals surface area contributed by atoms with Crippen LogP contribution in [0.2, 0.25) is 5.15 Å². The molecule has 0 aliphatic rings. The molecule has 0 aliphatic carbocycles. The summed E-state index contributed by atoms with van der Waals surface area (Å²) in [6.07, 6.45) is 3.57. The van der Waals surface area contributed by atoms with Gasteiger partial charge in [-0.3, -0.25) is 4.40 Å². The number of rotatable bonds is 5. The maximum Gasteiger partial charge on any atom is 0.259 e. The minimum atomic E-state index is -3.71. The predicted octanol–water partition coefficient (Wildman–Crippen LogP) is 2.41. The molecule has 0 saturated heterocycles. The SMILES string of the molecule is CSC(C)(C)CNS(=O)(=O)c1c(Cl)nc2ccccn12. The zero-order chi connectivity index (χ0) is 15.0. The van der Waals surface area contributed by atoms with Crippen LogP contribution in [0, 0.1) is 0 Å². The minimum absolute atomic E-state index is 0.0216. The number of nitrogens with zero attached hydrogens (tertiary/aromatic N) is 2. The predicted molar refractivity (Wildman–Crippen MR) is 83.0 cm³/mol. The number of imidazole rings is 1. The number of hydrogen-bond donors (Lipinski definition) is 1. The molecule has 0 saturated carbocycles. The molecule has 2 rings (SSSR count). The lowest BCUT2D eigenvalue weighted by Crippen LogP contribution is -2.36. The van der Waals surface area contributed by atoms with Gasteiger partial charge in [-0.25, -0.2) is 18.1 Å². The van der Waals surface area contributed by atoms with Gasteiger partial charge in [-0.1, -0.05) is 17.7 Å². The Balaban J connectivity index is 2.40. The molecule has 1 N–H and O–H groups in total. The fraction of sp³-hybridized carbons (Fsp3) is 0.417. The Hall–Kier alpha value is -0.760. The maximum atomic E-state index is 12.4. The van der Waals surface area contributed by atoms with Gasteiger partial charge in [0.05, 0.1) is 0 Å². The van der Waals surface area contributed by atoms with E-state index in [1.165, 1.54) is 4.40 Å². The molecule has 0 spiro atoms. The van der Waals surface area contributed by atoms with E-state index in [1.54, 1.807) is 36.2 Å². The number of pyridine rings is 1. The first-order valence-electron chi connectivity index (χ1n) is 5.94. The van der Waals surface area contributed by atoms with E-state index in [0.29, 0.717) is 12.2 Å². The quantitative estimate of drug-likeness (QED) is 0.912. The van der Waals surface area contributed by atoms with E-state index in [1.807, 2.05) is 20.1 Å². The Kier molecular flexibility index (Phi) is 4.34. The van der Waals surface area contributed by atoms with E-state index in [4.69, 9.17) is 11.6 Å². The number of sulfonamides is 1. The molecule has 0 radical (unpaired) electrons. The second kappa shape index (κ2) is 5.55. The van der Waals surface area contributed by atoms with Crippen LogP contribution >= 0.6 is 23.4 Å². The highest BCUT2D eigenvalue weighted by molar-refractivity contribution is 8.00. The van der Waals surface area contributed by atoms with E-state index >= 15 is 0 Å². The fourth-order valence-electron chi connectivity index (χ4n) is 1.59. The van der Waals surface area contributed by atoms with Gasteiger partial charge in [0, 0.05) is 17.5 Å². The third-order valence-electron chi connectivity index (χ3n) is 2.94. The highest BCUT2D eigenvalue weighted by Gasteiger charge is 2.27. The molecule has 2 heterocycles. The highest BCUT2D eigenvalue weighted by atomic mass is 35.5. The number of hydrogen-bond acceptors (Lipinski definition) is 4. The van der Waals surface area contributed by atoms with Crippen LogP contribution < -0.4 is 4.72 Å². The number of aromatic nitrogens is 2. The summed E-state index contributed by atoms with van der Waals surface area (Å²) < 4.78 is 28.7. The van der Waals surface area contributed by atoms with E-state index in [2.05, 4.69) is 9.71 Å². The lowest BCUT2D eigenvalue weighted by molar-refractivity contribution is 0.566. The summed E-state index contributed by atoms with van der Waals surface area (Å²) in [4.78, 5) is 4.05. The molecular formula is C12H16ClN3O2S2. The van der Waals surface area contributed by atoms with Crippen LogP contribution in [0.25, 0.3) is 5.65 Å². The molecule has 0 aromatic carbocycles. The zero-order valence-electron chi connectivity index (χ0n) is 11.4. The third-order valence-corrected chi connectivity index (χ3v) is 5.99. The Morgan fingerprint density at radius 2 is 2.15 bits per heavy atom. The van der Waals surface area contributed by atoms with Crippen molar-refractivity contribution in [2.45, 2.75) is 23.6 Å². The van der Waals surface area contributed by atoms with Crippen LogP contribution in [0.3, 0.4) is 0 Å². The highest BCUT2D eigenvalue weighted by Crippen LogP contribution is 2.24. The lowest BCUT2D eigenvalue weighted by atomic mass is 10.2. The average molecular weight is 334 g/mol. The van der Waals surface area contributed by atoms with Crippen LogP contribution in [-0.4, -0.2) is 35.4 Å². The average Bonchev–Trinajstić information content (AvgIpc) is 2.73. The minimum Gasteiger partial charge on any atom is -0.288 e. The van der Waals surface area contributed by atoms with Gasteiger partial charge in [-0.05, 0) is 32.2 Å². The van der Waals surface area contributed by atoms with E-state index in [9.17, 15) is 8.42 Å². The van der Waals surface area contributed by atoms with Crippen molar-refractivity contribution in [3.8, 4) is 0 Å². The molecule has 2 aromatic heterocycles. The summed E-state index contributed by atoms with van der Waals surface area (Å²) in [6, 6.07) is 5.21. The Bertz CT molecular complexity index is 725. The molecule has 110 valence electrons. The largest absolute Gasteiger partial charge is 0.288 e. The summed E-state index contributed by atoms with van der Waals surface area (Å²) in [5.41, 5.74) is 0.502. The summed E-state index contributed by atoms with van der Waals surface area (Å²) in [7, 11) is -3.71.